The molecule has 0 aliphatic carbocycles. The Morgan fingerprint density at radius 2 is 1.50 bits per heavy atom. The molecule has 3 aromatic carbocycles. The second-order valence-electron chi connectivity index (χ2n) is 6.77. The standard InChI is InChI=1S/C22H19BrN2O2S/c1-15-7-9-16(10-8-15)22(27)20(26)24(18-5-3-2-4-6-18)21(28)25(22)19-13-11-17(23)12-14-19/h2-14,20,26-27H,1H3/t20-,22+/m0/s1. The van der Waals surface area contributed by atoms with E-state index in [1.54, 1.807) is 9.80 Å². The lowest BCUT2D eigenvalue weighted by molar-refractivity contribution is -0.0546. The van der Waals surface area contributed by atoms with Crippen molar-refractivity contribution in [1.29, 1.82) is 0 Å². The number of hydrogen-bond donors (Lipinski definition) is 2. The molecule has 0 saturated carbocycles. The first-order chi connectivity index (χ1) is 13.4. The molecule has 2 N–H and O–H groups in total. The quantitative estimate of drug-likeness (QED) is 0.569. The number of aliphatic hydroxyl groups excluding tert-OH is 1. The van der Waals surface area contributed by atoms with E-state index in [1.807, 2.05) is 85.8 Å². The van der Waals surface area contributed by atoms with Crippen LogP contribution >= 0.6 is 28.1 Å². The molecular weight excluding hydrogens is 436 g/mol. The average molecular weight is 455 g/mol. The van der Waals surface area contributed by atoms with Gasteiger partial charge >= 0.3 is 0 Å². The van der Waals surface area contributed by atoms with Crippen LogP contribution in [0, 0.1) is 6.92 Å². The minimum absolute atomic E-state index is 0.323. The third-order valence-corrected chi connectivity index (χ3v) is 5.85. The van der Waals surface area contributed by atoms with Gasteiger partial charge in [0.2, 0.25) is 5.72 Å². The van der Waals surface area contributed by atoms with E-state index in [-0.39, 0.29) is 0 Å². The summed E-state index contributed by atoms with van der Waals surface area (Å²) in [7, 11) is 0. The van der Waals surface area contributed by atoms with Crippen molar-refractivity contribution in [2.75, 3.05) is 9.80 Å². The van der Waals surface area contributed by atoms with Crippen molar-refractivity contribution in [3.63, 3.8) is 0 Å². The van der Waals surface area contributed by atoms with Gasteiger partial charge in [-0.05, 0) is 55.5 Å². The first kappa shape index (κ1) is 19.1. The van der Waals surface area contributed by atoms with Gasteiger partial charge in [-0.25, -0.2) is 0 Å². The number of anilines is 2. The summed E-state index contributed by atoms with van der Waals surface area (Å²) in [6.07, 6.45) is -1.28. The molecule has 1 fully saturated rings. The Morgan fingerprint density at radius 3 is 2.11 bits per heavy atom. The van der Waals surface area contributed by atoms with E-state index in [4.69, 9.17) is 12.2 Å². The Bertz CT molecular complexity index is 995. The molecular formula is C22H19BrN2O2S. The van der Waals surface area contributed by atoms with Gasteiger partial charge in [0.05, 0.1) is 0 Å². The van der Waals surface area contributed by atoms with Gasteiger partial charge in [0, 0.05) is 21.4 Å². The van der Waals surface area contributed by atoms with Crippen LogP contribution in [-0.2, 0) is 5.72 Å². The molecule has 1 heterocycles. The van der Waals surface area contributed by atoms with Crippen LogP contribution in [0.15, 0.2) is 83.3 Å². The average Bonchev–Trinajstić information content (AvgIpc) is 2.90. The minimum Gasteiger partial charge on any atom is -0.368 e. The highest BCUT2D eigenvalue weighted by molar-refractivity contribution is 9.10. The summed E-state index contributed by atoms with van der Waals surface area (Å²) in [6, 6.07) is 24.3. The van der Waals surface area contributed by atoms with Crippen LogP contribution in [-0.4, -0.2) is 21.6 Å². The number of halogens is 1. The van der Waals surface area contributed by atoms with Crippen LogP contribution in [0.1, 0.15) is 11.1 Å². The Balaban J connectivity index is 1.90. The zero-order valence-electron chi connectivity index (χ0n) is 15.2. The Kier molecular flexibility index (Phi) is 4.97. The maximum Gasteiger partial charge on any atom is 0.217 e. The molecule has 0 bridgehead atoms. The molecule has 0 aromatic heterocycles. The SMILES string of the molecule is Cc1ccc([C@@]2(O)[C@H](O)N(c3ccccc3)C(=S)N2c2ccc(Br)cc2)cc1. The predicted molar refractivity (Wildman–Crippen MR) is 119 cm³/mol. The van der Waals surface area contributed by atoms with Crippen LogP contribution in [0.2, 0.25) is 0 Å². The lowest BCUT2D eigenvalue weighted by Crippen LogP contribution is -2.49. The number of nitrogens with zero attached hydrogens (tertiary/aromatic N) is 2. The number of hydrogen-bond acceptors (Lipinski definition) is 3. The largest absolute Gasteiger partial charge is 0.368 e. The zero-order chi connectivity index (χ0) is 19.9. The fraction of sp³-hybridized carbons (Fsp3) is 0.136. The molecule has 142 valence electrons. The van der Waals surface area contributed by atoms with Crippen molar-refractivity contribution in [2.24, 2.45) is 0 Å². The minimum atomic E-state index is -1.74. The fourth-order valence-electron chi connectivity index (χ4n) is 3.47. The number of benzene rings is 3. The number of para-hydroxylation sites is 1. The number of rotatable bonds is 3. The monoisotopic (exact) mass is 454 g/mol. The molecule has 0 amide bonds. The lowest BCUT2D eigenvalue weighted by Gasteiger charge is -2.35. The molecule has 2 atom stereocenters. The zero-order valence-corrected chi connectivity index (χ0v) is 17.6. The van der Waals surface area contributed by atoms with E-state index in [0.29, 0.717) is 22.1 Å². The molecule has 0 radical (unpaired) electrons. The van der Waals surface area contributed by atoms with Crippen LogP contribution in [0.5, 0.6) is 0 Å². The molecule has 4 nitrogen and oxygen atoms in total. The summed E-state index contributed by atoms with van der Waals surface area (Å²) in [5.41, 5.74) is 1.29. The van der Waals surface area contributed by atoms with Crippen molar-refractivity contribution in [3.05, 3.63) is 94.5 Å². The van der Waals surface area contributed by atoms with Crippen molar-refractivity contribution in [1.82, 2.24) is 0 Å². The number of thiocarbonyl (C=S) groups is 1. The van der Waals surface area contributed by atoms with E-state index in [0.717, 1.165) is 10.0 Å². The Morgan fingerprint density at radius 1 is 0.893 bits per heavy atom. The molecule has 3 aromatic rings. The molecule has 1 saturated heterocycles. The summed E-state index contributed by atoms with van der Waals surface area (Å²) < 4.78 is 0.917. The van der Waals surface area contributed by atoms with Crippen molar-refractivity contribution < 1.29 is 10.2 Å². The van der Waals surface area contributed by atoms with Crippen LogP contribution in [0.4, 0.5) is 11.4 Å². The highest BCUT2D eigenvalue weighted by Crippen LogP contribution is 2.43. The predicted octanol–water partition coefficient (Wildman–Crippen LogP) is 4.53. The highest BCUT2D eigenvalue weighted by atomic mass is 79.9. The molecule has 6 heteroatoms. The Labute approximate surface area is 177 Å². The van der Waals surface area contributed by atoms with E-state index < -0.39 is 12.0 Å². The maximum absolute atomic E-state index is 11.8. The highest BCUT2D eigenvalue weighted by Gasteiger charge is 2.56. The number of aryl methyl sites for hydroxylation is 1. The van der Waals surface area contributed by atoms with Crippen molar-refractivity contribution >= 4 is 44.6 Å². The number of aliphatic hydroxyl groups is 2. The maximum atomic E-state index is 11.8. The summed E-state index contributed by atoms with van der Waals surface area (Å²) in [5, 5.41) is 23.4. The smallest absolute Gasteiger partial charge is 0.217 e. The van der Waals surface area contributed by atoms with E-state index in [9.17, 15) is 10.2 Å². The Hall–Kier alpha value is -2.25. The van der Waals surface area contributed by atoms with Gasteiger partial charge in [0.15, 0.2) is 11.3 Å². The van der Waals surface area contributed by atoms with E-state index in [1.165, 1.54) is 0 Å². The molecule has 28 heavy (non-hydrogen) atoms. The topological polar surface area (TPSA) is 46.9 Å². The second-order valence-corrected chi connectivity index (χ2v) is 8.05. The third-order valence-electron chi connectivity index (χ3n) is 4.94. The van der Waals surface area contributed by atoms with Crippen LogP contribution in [0.25, 0.3) is 0 Å². The van der Waals surface area contributed by atoms with E-state index in [2.05, 4.69) is 15.9 Å². The van der Waals surface area contributed by atoms with Gasteiger partial charge in [-0.15, -0.1) is 0 Å². The van der Waals surface area contributed by atoms with Gasteiger partial charge in [-0.3, -0.25) is 9.80 Å². The van der Waals surface area contributed by atoms with Crippen molar-refractivity contribution in [3.8, 4) is 0 Å². The summed E-state index contributed by atoms with van der Waals surface area (Å²) >= 11 is 9.17. The molecule has 0 unspecified atom stereocenters. The third kappa shape index (κ3) is 3.02. The van der Waals surface area contributed by atoms with Gasteiger partial charge in [-0.1, -0.05) is 64.0 Å². The van der Waals surface area contributed by atoms with E-state index >= 15 is 0 Å². The lowest BCUT2D eigenvalue weighted by atomic mass is 9.98. The van der Waals surface area contributed by atoms with Crippen LogP contribution < -0.4 is 9.80 Å². The van der Waals surface area contributed by atoms with Gasteiger partial charge in [0.25, 0.3) is 0 Å². The normalized spacial score (nSPS) is 22.0. The van der Waals surface area contributed by atoms with Gasteiger partial charge in [0.1, 0.15) is 0 Å². The fourth-order valence-corrected chi connectivity index (χ4v) is 4.18. The summed E-state index contributed by atoms with van der Waals surface area (Å²) in [5.74, 6) is 0. The molecule has 4 rings (SSSR count). The first-order valence-electron chi connectivity index (χ1n) is 8.84. The summed E-state index contributed by atoms with van der Waals surface area (Å²) in [6.45, 7) is 1.98. The van der Waals surface area contributed by atoms with Gasteiger partial charge < -0.3 is 10.2 Å². The molecule has 1 aliphatic heterocycles. The van der Waals surface area contributed by atoms with Crippen molar-refractivity contribution in [2.45, 2.75) is 18.9 Å². The molecule has 1 aliphatic rings. The summed E-state index contributed by atoms with van der Waals surface area (Å²) in [4.78, 5) is 3.19. The van der Waals surface area contributed by atoms with Crippen LogP contribution in [0.3, 0.4) is 0 Å². The first-order valence-corrected chi connectivity index (χ1v) is 10.0. The van der Waals surface area contributed by atoms with Gasteiger partial charge in [-0.2, -0.15) is 0 Å². The second kappa shape index (κ2) is 7.29. The molecule has 0 spiro atoms.